The van der Waals surface area contributed by atoms with Crippen LogP contribution in [0, 0.1) is 6.57 Å². The van der Waals surface area contributed by atoms with E-state index < -0.39 is 8.07 Å². The number of hydrogen-bond acceptors (Lipinski definition) is 4. The van der Waals surface area contributed by atoms with Gasteiger partial charge in [0.05, 0.1) is 18.5 Å². The van der Waals surface area contributed by atoms with Crippen molar-refractivity contribution in [2.24, 2.45) is 0 Å². The van der Waals surface area contributed by atoms with Gasteiger partial charge in [0.25, 0.3) is 0 Å². The molecule has 3 aromatic rings. The molecule has 146 valence electrons. The molecule has 0 saturated heterocycles. The zero-order chi connectivity index (χ0) is 19.7. The van der Waals surface area contributed by atoms with Gasteiger partial charge in [-0.15, -0.1) is 0 Å². The second kappa shape index (κ2) is 7.41. The number of ether oxygens (including phenoxy) is 1. The number of nitrogens with zero attached hydrogens (tertiary/aromatic N) is 5. The Hall–Kier alpha value is -2.63. The van der Waals surface area contributed by atoms with Gasteiger partial charge in [-0.25, -0.2) is 14.8 Å². The van der Waals surface area contributed by atoms with Crippen LogP contribution in [0.3, 0.4) is 0 Å². The fourth-order valence-electron chi connectivity index (χ4n) is 3.59. The summed E-state index contributed by atoms with van der Waals surface area (Å²) in [7, 11) is -1.08. The van der Waals surface area contributed by atoms with Crippen LogP contribution in [0.2, 0.25) is 25.7 Å². The van der Waals surface area contributed by atoms with Gasteiger partial charge in [-0.1, -0.05) is 19.6 Å². The second-order valence-corrected chi connectivity index (χ2v) is 14.1. The first kappa shape index (κ1) is 18.7. The molecule has 0 aliphatic carbocycles. The average molecular weight is 395 g/mol. The van der Waals surface area contributed by atoms with Gasteiger partial charge in [-0.2, -0.15) is 0 Å². The Bertz CT molecular complexity index is 1030. The van der Waals surface area contributed by atoms with Crippen molar-refractivity contribution in [1.29, 1.82) is 0 Å². The summed E-state index contributed by atoms with van der Waals surface area (Å²) in [5, 5.41) is 1.04. The number of rotatable bonds is 6. The number of aromatic amines is 1. The summed E-state index contributed by atoms with van der Waals surface area (Å²) in [5.41, 5.74) is 3.89. The van der Waals surface area contributed by atoms with Gasteiger partial charge in [0, 0.05) is 39.3 Å². The Labute approximate surface area is 166 Å². The molecule has 8 heteroatoms. The van der Waals surface area contributed by atoms with Crippen molar-refractivity contribution in [3.8, 4) is 0 Å². The Morgan fingerprint density at radius 3 is 2.96 bits per heavy atom. The molecule has 0 aromatic carbocycles. The predicted molar refractivity (Wildman–Crippen MR) is 113 cm³/mol. The average Bonchev–Trinajstić information content (AvgIpc) is 3.27. The maximum absolute atomic E-state index is 7.29. The van der Waals surface area contributed by atoms with Crippen molar-refractivity contribution >= 4 is 30.6 Å². The topological polar surface area (TPSA) is 63.3 Å². The lowest BCUT2D eigenvalue weighted by Crippen LogP contribution is -2.31. The number of fused-ring (bicyclic) bond motifs is 2. The molecule has 0 atom stereocenters. The molecule has 0 fully saturated rings. The van der Waals surface area contributed by atoms with E-state index in [0.717, 1.165) is 66.0 Å². The van der Waals surface area contributed by atoms with Gasteiger partial charge < -0.3 is 19.2 Å². The molecule has 1 N–H and O–H groups in total. The maximum Gasteiger partial charge on any atom is 0.207 e. The van der Waals surface area contributed by atoms with Crippen molar-refractivity contribution in [2.75, 3.05) is 18.1 Å². The van der Waals surface area contributed by atoms with Crippen molar-refractivity contribution in [3.63, 3.8) is 0 Å². The van der Waals surface area contributed by atoms with E-state index in [4.69, 9.17) is 11.3 Å². The number of hydrogen-bond donors (Lipinski definition) is 1. The molecule has 0 unspecified atom stereocenters. The van der Waals surface area contributed by atoms with E-state index in [1.807, 2.05) is 17.0 Å². The molecule has 28 heavy (non-hydrogen) atoms. The van der Waals surface area contributed by atoms with E-state index in [2.05, 4.69) is 50.4 Å². The van der Waals surface area contributed by atoms with Gasteiger partial charge in [-0.05, 0) is 24.1 Å². The summed E-state index contributed by atoms with van der Waals surface area (Å²) in [5.74, 6) is 0.940. The molecule has 7 nitrogen and oxygen atoms in total. The fraction of sp³-hybridized carbons (Fsp3) is 0.450. The first-order valence-corrected chi connectivity index (χ1v) is 13.4. The third-order valence-electron chi connectivity index (χ3n) is 5.22. The molecule has 0 bridgehead atoms. The highest BCUT2D eigenvalue weighted by Crippen LogP contribution is 2.32. The van der Waals surface area contributed by atoms with Crippen molar-refractivity contribution in [3.05, 3.63) is 47.5 Å². The molecule has 1 aliphatic heterocycles. The van der Waals surface area contributed by atoms with Crippen LogP contribution < -0.4 is 4.90 Å². The third kappa shape index (κ3) is 3.68. The molecular weight excluding hydrogens is 368 g/mol. The summed E-state index contributed by atoms with van der Waals surface area (Å²) in [6.45, 7) is 17.2. The van der Waals surface area contributed by atoms with E-state index >= 15 is 0 Å². The second-order valence-electron chi connectivity index (χ2n) is 8.48. The van der Waals surface area contributed by atoms with Crippen LogP contribution in [0.1, 0.15) is 11.3 Å². The Balaban J connectivity index is 1.52. The van der Waals surface area contributed by atoms with Crippen molar-refractivity contribution < 1.29 is 4.74 Å². The normalized spacial score (nSPS) is 14.3. The molecule has 0 radical (unpaired) electrons. The SMILES string of the molecule is [C-]#[N+]c1c[nH]c2c1CCN(c1ncnc3c1ccn3COCC[Si](C)(C)C)C2. The standard InChI is InChI=1S/C20H26N6OSi/c1-21-17-11-22-18-12-25(7-5-15(17)18)19-16-6-8-26(20(16)24-13-23-19)14-27-9-10-28(2,3)4/h6,8,11,13,22H,5,7,9-10,12,14H2,2-4H3. The molecule has 3 aromatic heterocycles. The van der Waals surface area contributed by atoms with E-state index in [9.17, 15) is 0 Å². The highest BCUT2D eigenvalue weighted by atomic mass is 28.3. The smallest absolute Gasteiger partial charge is 0.207 e. The summed E-state index contributed by atoms with van der Waals surface area (Å²) in [6, 6.07) is 3.23. The van der Waals surface area contributed by atoms with Gasteiger partial charge in [0.2, 0.25) is 5.69 Å². The highest BCUT2D eigenvalue weighted by molar-refractivity contribution is 6.76. The van der Waals surface area contributed by atoms with Gasteiger partial charge >= 0.3 is 0 Å². The van der Waals surface area contributed by atoms with Crippen LogP contribution >= 0.6 is 0 Å². The summed E-state index contributed by atoms with van der Waals surface area (Å²) < 4.78 is 7.95. The minimum atomic E-state index is -1.08. The van der Waals surface area contributed by atoms with E-state index in [1.54, 1.807) is 6.33 Å². The molecule has 0 spiro atoms. The fourth-order valence-corrected chi connectivity index (χ4v) is 4.35. The lowest BCUT2D eigenvalue weighted by Gasteiger charge is -2.28. The monoisotopic (exact) mass is 394 g/mol. The largest absolute Gasteiger partial charge is 0.374 e. The van der Waals surface area contributed by atoms with Gasteiger partial charge in [0.15, 0.2) is 0 Å². The van der Waals surface area contributed by atoms with Crippen molar-refractivity contribution in [2.45, 2.75) is 45.4 Å². The molecule has 0 saturated carbocycles. The maximum atomic E-state index is 7.29. The molecule has 4 heterocycles. The van der Waals surface area contributed by atoms with Crippen LogP contribution in [0.5, 0.6) is 0 Å². The van der Waals surface area contributed by atoms with Crippen LogP contribution in [0.4, 0.5) is 11.5 Å². The summed E-state index contributed by atoms with van der Waals surface area (Å²) in [4.78, 5) is 18.2. The predicted octanol–water partition coefficient (Wildman–Crippen LogP) is 4.19. The Kier molecular flexibility index (Phi) is 4.95. The molecular formula is C20H26N6OSi. The van der Waals surface area contributed by atoms with Crippen LogP contribution in [0.25, 0.3) is 15.9 Å². The van der Waals surface area contributed by atoms with Crippen LogP contribution in [0.15, 0.2) is 24.8 Å². The van der Waals surface area contributed by atoms with Gasteiger partial charge in [-0.3, -0.25) is 0 Å². The highest BCUT2D eigenvalue weighted by Gasteiger charge is 2.23. The van der Waals surface area contributed by atoms with E-state index in [1.165, 1.54) is 0 Å². The van der Waals surface area contributed by atoms with E-state index in [-0.39, 0.29) is 0 Å². The van der Waals surface area contributed by atoms with E-state index in [0.29, 0.717) is 6.73 Å². The minimum absolute atomic E-state index is 0.513. The quantitative estimate of drug-likeness (QED) is 0.387. The first-order valence-electron chi connectivity index (χ1n) is 9.65. The third-order valence-corrected chi connectivity index (χ3v) is 6.92. The zero-order valence-electron chi connectivity index (χ0n) is 16.7. The summed E-state index contributed by atoms with van der Waals surface area (Å²) >= 11 is 0. The summed E-state index contributed by atoms with van der Waals surface area (Å²) in [6.07, 6.45) is 6.32. The first-order chi connectivity index (χ1) is 13.5. The molecule has 0 amide bonds. The Morgan fingerprint density at radius 1 is 1.32 bits per heavy atom. The lowest BCUT2D eigenvalue weighted by molar-refractivity contribution is 0.0899. The van der Waals surface area contributed by atoms with Crippen LogP contribution in [-0.4, -0.2) is 40.7 Å². The number of anilines is 1. The van der Waals surface area contributed by atoms with Crippen molar-refractivity contribution in [1.82, 2.24) is 19.5 Å². The number of aromatic nitrogens is 4. The molecule has 4 rings (SSSR count). The number of H-pyrrole nitrogens is 1. The number of nitrogens with one attached hydrogen (secondary N) is 1. The van der Waals surface area contributed by atoms with Gasteiger partial charge in [0.1, 0.15) is 24.5 Å². The lowest BCUT2D eigenvalue weighted by atomic mass is 10.1. The minimum Gasteiger partial charge on any atom is -0.374 e. The molecule has 1 aliphatic rings. The Morgan fingerprint density at radius 2 is 2.18 bits per heavy atom. The van der Waals surface area contributed by atoms with Crippen LogP contribution in [-0.2, 0) is 24.4 Å². The zero-order valence-corrected chi connectivity index (χ0v) is 17.7.